The fraction of sp³-hybridized carbons (Fsp3) is 0.800. The van der Waals surface area contributed by atoms with Crippen molar-refractivity contribution < 1.29 is 19.2 Å². The molecule has 0 spiro atoms. The number of carbonyl (C=O) groups is 4. The summed E-state index contributed by atoms with van der Waals surface area (Å²) >= 11 is 0. The second-order valence-corrected chi connectivity index (χ2v) is 7.86. The summed E-state index contributed by atoms with van der Waals surface area (Å²) in [7, 11) is 0. The van der Waals surface area contributed by atoms with E-state index in [9.17, 15) is 19.2 Å². The van der Waals surface area contributed by atoms with Gasteiger partial charge in [0.2, 0.25) is 23.6 Å². The molecule has 4 N–H and O–H groups in total. The van der Waals surface area contributed by atoms with E-state index in [1.54, 1.807) is 0 Å². The number of rotatable bonds is 10. The van der Waals surface area contributed by atoms with Crippen LogP contribution in [0.4, 0.5) is 0 Å². The molecule has 2 aliphatic rings. The van der Waals surface area contributed by atoms with Crippen molar-refractivity contribution in [3.63, 3.8) is 0 Å². The first-order chi connectivity index (χ1) is 13.4. The van der Waals surface area contributed by atoms with Gasteiger partial charge in [-0.3, -0.25) is 24.5 Å². The van der Waals surface area contributed by atoms with Crippen molar-refractivity contribution in [3.8, 4) is 0 Å². The van der Waals surface area contributed by atoms with Gasteiger partial charge in [-0.25, -0.2) is 0 Å². The molecule has 28 heavy (non-hydrogen) atoms. The molecule has 0 saturated carbocycles. The minimum Gasteiger partial charge on any atom is -0.344 e. The van der Waals surface area contributed by atoms with E-state index >= 15 is 0 Å². The Morgan fingerprint density at radius 1 is 1.14 bits per heavy atom. The molecule has 0 aromatic rings. The van der Waals surface area contributed by atoms with Crippen molar-refractivity contribution in [1.82, 2.24) is 15.5 Å². The van der Waals surface area contributed by atoms with Crippen LogP contribution in [-0.2, 0) is 19.2 Å². The highest BCUT2D eigenvalue weighted by atomic mass is 16.2. The maximum atomic E-state index is 12.7. The number of amides is 4. The first-order valence-electron chi connectivity index (χ1n) is 10.6. The Morgan fingerprint density at radius 2 is 1.86 bits per heavy atom. The summed E-state index contributed by atoms with van der Waals surface area (Å²) in [5, 5.41) is 4.89. The molecule has 158 valence electrons. The zero-order valence-corrected chi connectivity index (χ0v) is 16.9. The summed E-state index contributed by atoms with van der Waals surface area (Å²) in [6.45, 7) is 2.66. The highest BCUT2D eigenvalue weighted by Crippen LogP contribution is 2.20. The number of unbranched alkanes of at least 4 members (excludes halogenated alkanes) is 5. The van der Waals surface area contributed by atoms with E-state index in [0.29, 0.717) is 32.2 Å². The molecule has 2 aliphatic heterocycles. The van der Waals surface area contributed by atoms with E-state index in [1.165, 1.54) is 24.2 Å². The predicted octanol–water partition coefficient (Wildman–Crippen LogP) is 0.977. The number of nitrogens with zero attached hydrogens (tertiary/aromatic N) is 1. The van der Waals surface area contributed by atoms with Gasteiger partial charge in [-0.15, -0.1) is 0 Å². The lowest BCUT2D eigenvalue weighted by molar-refractivity contribution is -0.142. The van der Waals surface area contributed by atoms with E-state index in [0.717, 1.165) is 19.3 Å². The average molecular weight is 395 g/mol. The third-order valence-corrected chi connectivity index (χ3v) is 5.58. The summed E-state index contributed by atoms with van der Waals surface area (Å²) in [5.74, 6) is -1.39. The minimum absolute atomic E-state index is 0.189. The van der Waals surface area contributed by atoms with Crippen molar-refractivity contribution in [1.29, 1.82) is 0 Å². The largest absolute Gasteiger partial charge is 0.344 e. The summed E-state index contributed by atoms with van der Waals surface area (Å²) < 4.78 is 0. The second-order valence-electron chi connectivity index (χ2n) is 7.86. The monoisotopic (exact) mass is 394 g/mol. The van der Waals surface area contributed by atoms with Crippen LogP contribution in [0.25, 0.3) is 0 Å². The fourth-order valence-electron chi connectivity index (χ4n) is 3.89. The summed E-state index contributed by atoms with van der Waals surface area (Å²) in [6.07, 6.45) is 9.28. The van der Waals surface area contributed by atoms with Crippen LogP contribution in [-0.4, -0.2) is 53.2 Å². The Labute approximate surface area is 167 Å². The first-order valence-corrected chi connectivity index (χ1v) is 10.6. The smallest absolute Gasteiger partial charge is 0.249 e. The van der Waals surface area contributed by atoms with Gasteiger partial charge in [0.25, 0.3) is 0 Å². The number of hydrogen-bond acceptors (Lipinski definition) is 5. The molecule has 1 unspecified atom stereocenters. The van der Waals surface area contributed by atoms with Crippen molar-refractivity contribution in [2.75, 3.05) is 6.54 Å². The second kappa shape index (κ2) is 11.1. The quantitative estimate of drug-likeness (QED) is 0.377. The third kappa shape index (κ3) is 6.29. The fourth-order valence-corrected chi connectivity index (χ4v) is 3.89. The molecule has 0 aromatic carbocycles. The van der Waals surface area contributed by atoms with Crippen LogP contribution in [0.1, 0.15) is 77.6 Å². The molecule has 0 aromatic heterocycles. The van der Waals surface area contributed by atoms with Crippen LogP contribution in [0.3, 0.4) is 0 Å². The van der Waals surface area contributed by atoms with Gasteiger partial charge in [-0.1, -0.05) is 45.4 Å². The number of imide groups is 1. The molecule has 8 nitrogen and oxygen atoms in total. The van der Waals surface area contributed by atoms with E-state index in [1.807, 2.05) is 0 Å². The van der Waals surface area contributed by atoms with E-state index in [4.69, 9.17) is 5.73 Å². The van der Waals surface area contributed by atoms with Gasteiger partial charge in [0.05, 0.1) is 6.04 Å². The zero-order chi connectivity index (χ0) is 20.5. The first kappa shape index (κ1) is 22.3. The number of hydrogen-bond donors (Lipinski definition) is 3. The molecular weight excluding hydrogens is 360 g/mol. The van der Waals surface area contributed by atoms with Crippen LogP contribution in [0.15, 0.2) is 0 Å². The number of likely N-dealkylation sites (tertiary alicyclic amines) is 1. The lowest BCUT2D eigenvalue weighted by Gasteiger charge is -2.26. The van der Waals surface area contributed by atoms with Crippen LogP contribution in [0.5, 0.6) is 0 Å². The Hall–Kier alpha value is -1.96. The third-order valence-electron chi connectivity index (χ3n) is 5.58. The molecule has 2 rings (SSSR count). The van der Waals surface area contributed by atoms with Gasteiger partial charge < -0.3 is 16.0 Å². The Kier molecular flexibility index (Phi) is 8.89. The van der Waals surface area contributed by atoms with Gasteiger partial charge in [0.15, 0.2) is 0 Å². The molecule has 2 saturated heterocycles. The standard InChI is InChI=1S/C20H34N4O4/c1-2-3-4-5-6-7-9-14(21)20(28)24-13-8-10-16(24)19(27)23-18(26)15-11-12-17(25)22-15/h14-16H,2-13,21H2,1H3,(H,22,25)(H,23,26,27)/t14?,15-,16-/m0/s1. The van der Waals surface area contributed by atoms with Gasteiger partial charge in [0.1, 0.15) is 12.1 Å². The lowest BCUT2D eigenvalue weighted by Crippen LogP contribution is -2.54. The molecule has 0 radical (unpaired) electrons. The molecule has 2 heterocycles. The Balaban J connectivity index is 1.78. The van der Waals surface area contributed by atoms with Gasteiger partial charge in [0, 0.05) is 13.0 Å². The highest BCUT2D eigenvalue weighted by molar-refractivity contribution is 6.03. The average Bonchev–Trinajstić information content (AvgIpc) is 3.32. The number of nitrogens with two attached hydrogens (primary N) is 1. The van der Waals surface area contributed by atoms with E-state index < -0.39 is 29.9 Å². The van der Waals surface area contributed by atoms with E-state index in [2.05, 4.69) is 17.6 Å². The SMILES string of the molecule is CCCCCCCCC(N)C(=O)N1CCC[C@H]1C(=O)NC(=O)[C@@H]1CCC(=O)N1. The Morgan fingerprint density at radius 3 is 2.54 bits per heavy atom. The molecule has 3 atom stereocenters. The van der Waals surface area contributed by atoms with Crippen LogP contribution in [0.2, 0.25) is 0 Å². The normalized spacial score (nSPS) is 22.8. The van der Waals surface area contributed by atoms with Crippen molar-refractivity contribution in [2.45, 2.75) is 95.7 Å². The molecule has 4 amide bonds. The van der Waals surface area contributed by atoms with Gasteiger partial charge in [-0.2, -0.15) is 0 Å². The zero-order valence-electron chi connectivity index (χ0n) is 16.9. The predicted molar refractivity (Wildman–Crippen MR) is 105 cm³/mol. The van der Waals surface area contributed by atoms with Crippen molar-refractivity contribution >= 4 is 23.6 Å². The molecule has 2 fully saturated rings. The molecular formula is C20H34N4O4. The minimum atomic E-state index is -0.669. The maximum absolute atomic E-state index is 12.7. The van der Waals surface area contributed by atoms with Crippen LogP contribution < -0.4 is 16.4 Å². The summed E-state index contributed by atoms with van der Waals surface area (Å²) in [6, 6.07) is -1.94. The van der Waals surface area contributed by atoms with Gasteiger partial charge >= 0.3 is 0 Å². The topological polar surface area (TPSA) is 122 Å². The number of nitrogens with one attached hydrogen (secondary N) is 2. The lowest BCUT2D eigenvalue weighted by atomic mass is 10.0. The molecule has 8 heteroatoms. The maximum Gasteiger partial charge on any atom is 0.249 e. The highest BCUT2D eigenvalue weighted by Gasteiger charge is 2.38. The van der Waals surface area contributed by atoms with Gasteiger partial charge in [-0.05, 0) is 25.7 Å². The number of carbonyl (C=O) groups excluding carboxylic acids is 4. The molecule has 0 aliphatic carbocycles. The summed E-state index contributed by atoms with van der Waals surface area (Å²) in [4.78, 5) is 50.1. The van der Waals surface area contributed by atoms with Crippen LogP contribution >= 0.6 is 0 Å². The van der Waals surface area contributed by atoms with Crippen molar-refractivity contribution in [2.24, 2.45) is 5.73 Å². The summed E-state index contributed by atoms with van der Waals surface area (Å²) in [5.41, 5.74) is 6.08. The van der Waals surface area contributed by atoms with E-state index in [-0.39, 0.29) is 18.2 Å². The van der Waals surface area contributed by atoms with Crippen LogP contribution in [0, 0.1) is 0 Å². The molecule has 0 bridgehead atoms. The Bertz CT molecular complexity index is 581. The van der Waals surface area contributed by atoms with Crippen molar-refractivity contribution in [3.05, 3.63) is 0 Å².